The van der Waals surface area contributed by atoms with Crippen LogP contribution in [0.15, 0.2) is 0 Å². The number of ether oxygens (including phenoxy) is 2. The zero-order valence-corrected chi connectivity index (χ0v) is 9.13. The number of unbranched alkanes of at least 4 members (excludes halogenated alkanes) is 1. The SMILES string of the molecule is CCCCOCCOCC(Cl)C(=O)O. The second-order valence-corrected chi connectivity index (χ2v) is 3.37. The molecule has 84 valence electrons. The van der Waals surface area contributed by atoms with Gasteiger partial charge < -0.3 is 14.6 Å². The lowest BCUT2D eigenvalue weighted by atomic mass is 10.4. The van der Waals surface area contributed by atoms with Crippen LogP contribution in [0.1, 0.15) is 19.8 Å². The first kappa shape index (κ1) is 13.7. The van der Waals surface area contributed by atoms with Gasteiger partial charge in [0.15, 0.2) is 5.38 Å². The third kappa shape index (κ3) is 8.29. The molecule has 4 nitrogen and oxygen atoms in total. The Kier molecular flexibility index (Phi) is 9.03. The zero-order valence-electron chi connectivity index (χ0n) is 8.37. The van der Waals surface area contributed by atoms with Crippen molar-refractivity contribution in [3.8, 4) is 0 Å². The topological polar surface area (TPSA) is 55.8 Å². The van der Waals surface area contributed by atoms with Crippen LogP contribution in [0.4, 0.5) is 0 Å². The van der Waals surface area contributed by atoms with Crippen LogP contribution in [-0.4, -0.2) is 42.9 Å². The van der Waals surface area contributed by atoms with E-state index in [2.05, 4.69) is 6.92 Å². The molecule has 0 rings (SSSR count). The molecule has 0 heterocycles. The van der Waals surface area contributed by atoms with E-state index in [4.69, 9.17) is 26.2 Å². The first-order valence-corrected chi connectivity index (χ1v) is 5.14. The predicted octanol–water partition coefficient (Wildman–Crippen LogP) is 1.51. The van der Waals surface area contributed by atoms with Crippen molar-refractivity contribution in [2.45, 2.75) is 25.1 Å². The molecule has 0 aliphatic carbocycles. The summed E-state index contributed by atoms with van der Waals surface area (Å²) in [5, 5.41) is 7.44. The molecular formula is C9H17ClO4. The van der Waals surface area contributed by atoms with Gasteiger partial charge in [0.25, 0.3) is 0 Å². The molecule has 0 amide bonds. The average Bonchev–Trinajstić information content (AvgIpc) is 2.16. The molecule has 0 saturated carbocycles. The van der Waals surface area contributed by atoms with Crippen LogP contribution in [0.25, 0.3) is 0 Å². The van der Waals surface area contributed by atoms with Gasteiger partial charge in [-0.05, 0) is 6.42 Å². The lowest BCUT2D eigenvalue weighted by molar-refractivity contribution is -0.137. The van der Waals surface area contributed by atoms with Gasteiger partial charge in [0.05, 0.1) is 19.8 Å². The standard InChI is InChI=1S/C9H17ClO4/c1-2-3-4-13-5-6-14-7-8(10)9(11)12/h8H,2-7H2,1H3,(H,11,12). The largest absolute Gasteiger partial charge is 0.480 e. The van der Waals surface area contributed by atoms with E-state index in [0.717, 1.165) is 19.4 Å². The summed E-state index contributed by atoms with van der Waals surface area (Å²) < 4.78 is 10.2. The quantitative estimate of drug-likeness (QED) is 0.477. The summed E-state index contributed by atoms with van der Waals surface area (Å²) in [6, 6.07) is 0. The van der Waals surface area contributed by atoms with Crippen molar-refractivity contribution in [3.63, 3.8) is 0 Å². The first-order valence-electron chi connectivity index (χ1n) is 4.70. The number of halogens is 1. The molecule has 0 saturated heterocycles. The van der Waals surface area contributed by atoms with Crippen molar-refractivity contribution in [2.75, 3.05) is 26.4 Å². The van der Waals surface area contributed by atoms with Crippen molar-refractivity contribution >= 4 is 17.6 Å². The van der Waals surface area contributed by atoms with Gasteiger partial charge in [0, 0.05) is 6.61 Å². The molecule has 14 heavy (non-hydrogen) atoms. The molecule has 0 radical (unpaired) electrons. The lowest BCUT2D eigenvalue weighted by Gasteiger charge is -2.06. The van der Waals surface area contributed by atoms with Crippen molar-refractivity contribution in [1.29, 1.82) is 0 Å². The summed E-state index contributed by atoms with van der Waals surface area (Å²) in [5.41, 5.74) is 0. The number of carboxylic acid groups (broad SMARTS) is 1. The molecule has 0 aromatic heterocycles. The third-order valence-corrected chi connectivity index (χ3v) is 1.86. The maximum Gasteiger partial charge on any atom is 0.324 e. The van der Waals surface area contributed by atoms with Crippen LogP contribution in [0.2, 0.25) is 0 Å². The highest BCUT2D eigenvalue weighted by Gasteiger charge is 2.12. The molecular weight excluding hydrogens is 208 g/mol. The summed E-state index contributed by atoms with van der Waals surface area (Å²) in [5.74, 6) is -1.06. The van der Waals surface area contributed by atoms with Crippen LogP contribution in [0.5, 0.6) is 0 Å². The molecule has 0 fully saturated rings. The van der Waals surface area contributed by atoms with E-state index in [1.807, 2.05) is 0 Å². The fraction of sp³-hybridized carbons (Fsp3) is 0.889. The molecule has 0 spiro atoms. The third-order valence-electron chi connectivity index (χ3n) is 1.55. The summed E-state index contributed by atoms with van der Waals surface area (Å²) in [4.78, 5) is 10.3. The van der Waals surface area contributed by atoms with Gasteiger partial charge in [-0.2, -0.15) is 0 Å². The van der Waals surface area contributed by atoms with Crippen LogP contribution < -0.4 is 0 Å². The fourth-order valence-corrected chi connectivity index (χ4v) is 0.813. The predicted molar refractivity (Wildman–Crippen MR) is 53.8 cm³/mol. The van der Waals surface area contributed by atoms with E-state index in [1.54, 1.807) is 0 Å². The van der Waals surface area contributed by atoms with Gasteiger partial charge in [-0.15, -0.1) is 11.6 Å². The molecule has 0 aliphatic heterocycles. The van der Waals surface area contributed by atoms with E-state index in [1.165, 1.54) is 0 Å². The molecule has 0 aliphatic rings. The minimum Gasteiger partial charge on any atom is -0.480 e. The normalized spacial score (nSPS) is 12.7. The monoisotopic (exact) mass is 224 g/mol. The number of carbonyl (C=O) groups is 1. The Morgan fingerprint density at radius 2 is 2.00 bits per heavy atom. The molecule has 1 atom stereocenters. The fourth-order valence-electron chi connectivity index (χ4n) is 0.724. The summed E-state index contributed by atoms with van der Waals surface area (Å²) in [6.07, 6.45) is 2.14. The average molecular weight is 225 g/mol. The van der Waals surface area contributed by atoms with Crippen LogP contribution in [0.3, 0.4) is 0 Å². The molecule has 0 aromatic carbocycles. The molecule has 1 N–H and O–H groups in total. The van der Waals surface area contributed by atoms with Gasteiger partial charge in [-0.25, -0.2) is 0 Å². The Labute approximate surface area is 89.1 Å². The Hall–Kier alpha value is -0.320. The highest BCUT2D eigenvalue weighted by molar-refractivity contribution is 6.29. The highest BCUT2D eigenvalue weighted by atomic mass is 35.5. The van der Waals surface area contributed by atoms with E-state index in [9.17, 15) is 4.79 Å². The zero-order chi connectivity index (χ0) is 10.8. The van der Waals surface area contributed by atoms with Crippen molar-refractivity contribution in [3.05, 3.63) is 0 Å². The summed E-state index contributed by atoms with van der Waals surface area (Å²) in [6.45, 7) is 3.71. The summed E-state index contributed by atoms with van der Waals surface area (Å²) >= 11 is 5.41. The van der Waals surface area contributed by atoms with E-state index < -0.39 is 11.3 Å². The number of hydrogen-bond acceptors (Lipinski definition) is 3. The van der Waals surface area contributed by atoms with Crippen LogP contribution in [-0.2, 0) is 14.3 Å². The molecule has 0 bridgehead atoms. The van der Waals surface area contributed by atoms with E-state index in [0.29, 0.717) is 13.2 Å². The second kappa shape index (κ2) is 9.24. The Balaban J connectivity index is 3.09. The first-order chi connectivity index (χ1) is 6.68. The van der Waals surface area contributed by atoms with E-state index >= 15 is 0 Å². The van der Waals surface area contributed by atoms with Gasteiger partial charge in [-0.1, -0.05) is 13.3 Å². The number of aliphatic carboxylic acids is 1. The highest BCUT2D eigenvalue weighted by Crippen LogP contribution is 1.96. The van der Waals surface area contributed by atoms with Gasteiger partial charge in [0.2, 0.25) is 0 Å². The Morgan fingerprint density at radius 3 is 2.57 bits per heavy atom. The molecule has 1 unspecified atom stereocenters. The second-order valence-electron chi connectivity index (χ2n) is 2.85. The van der Waals surface area contributed by atoms with Gasteiger partial charge in [-0.3, -0.25) is 4.79 Å². The van der Waals surface area contributed by atoms with Crippen molar-refractivity contribution in [2.24, 2.45) is 0 Å². The Bertz CT molecular complexity index is 152. The maximum absolute atomic E-state index is 10.3. The minimum absolute atomic E-state index is 0.0219. The number of carboxylic acids is 1. The minimum atomic E-state index is -1.06. The Morgan fingerprint density at radius 1 is 1.36 bits per heavy atom. The lowest BCUT2D eigenvalue weighted by Crippen LogP contribution is -2.21. The van der Waals surface area contributed by atoms with Crippen molar-refractivity contribution in [1.82, 2.24) is 0 Å². The van der Waals surface area contributed by atoms with Gasteiger partial charge in [0.1, 0.15) is 0 Å². The maximum atomic E-state index is 10.3. The van der Waals surface area contributed by atoms with Crippen LogP contribution in [0, 0.1) is 0 Å². The smallest absolute Gasteiger partial charge is 0.324 e. The van der Waals surface area contributed by atoms with Gasteiger partial charge >= 0.3 is 5.97 Å². The van der Waals surface area contributed by atoms with Crippen LogP contribution >= 0.6 is 11.6 Å². The number of alkyl halides is 1. The number of rotatable bonds is 9. The number of hydrogen-bond donors (Lipinski definition) is 1. The van der Waals surface area contributed by atoms with E-state index in [-0.39, 0.29) is 6.61 Å². The van der Waals surface area contributed by atoms with Crippen molar-refractivity contribution < 1.29 is 19.4 Å². The molecule has 5 heteroatoms. The summed E-state index contributed by atoms with van der Waals surface area (Å²) in [7, 11) is 0. The molecule has 0 aromatic rings.